The van der Waals surface area contributed by atoms with Crippen LogP contribution in [0.2, 0.25) is 0 Å². The van der Waals surface area contributed by atoms with Gasteiger partial charge in [-0.3, -0.25) is 9.59 Å². The van der Waals surface area contributed by atoms with Crippen molar-refractivity contribution >= 4 is 27.7 Å². The maximum absolute atomic E-state index is 13.3. The Kier molecular flexibility index (Phi) is 9.17. The Balaban J connectivity index is 2.21. The maximum Gasteiger partial charge on any atom is 0.261 e. The number of nitrogens with one attached hydrogen (secondary N) is 1. The highest BCUT2D eigenvalue weighted by molar-refractivity contribution is 9.10. The summed E-state index contributed by atoms with van der Waals surface area (Å²) in [6.07, 6.45) is 0. The van der Waals surface area contributed by atoms with Gasteiger partial charge in [0, 0.05) is 12.1 Å². The van der Waals surface area contributed by atoms with E-state index in [1.807, 2.05) is 63.2 Å². The Morgan fingerprint density at radius 1 is 1.03 bits per heavy atom. The van der Waals surface area contributed by atoms with Crippen LogP contribution in [0.25, 0.3) is 0 Å². The summed E-state index contributed by atoms with van der Waals surface area (Å²) in [5.74, 6) is 0.814. The molecule has 2 aromatic carbocycles. The summed E-state index contributed by atoms with van der Waals surface area (Å²) in [7, 11) is 1.60. The lowest BCUT2D eigenvalue weighted by molar-refractivity contribution is -0.142. The zero-order valence-corrected chi connectivity index (χ0v) is 23.1. The number of carbonyl (C=O) groups is 2. The van der Waals surface area contributed by atoms with E-state index in [1.165, 1.54) is 0 Å². The van der Waals surface area contributed by atoms with E-state index in [0.29, 0.717) is 5.75 Å². The quantitative estimate of drug-likeness (QED) is 0.489. The van der Waals surface area contributed by atoms with Gasteiger partial charge in [0.15, 0.2) is 6.61 Å². The molecule has 1 N–H and O–H groups in total. The Bertz CT molecular complexity index is 991. The molecule has 0 fully saturated rings. The number of hydrogen-bond donors (Lipinski definition) is 1. The normalized spacial score (nSPS) is 12.6. The van der Waals surface area contributed by atoms with E-state index >= 15 is 0 Å². The van der Waals surface area contributed by atoms with E-state index in [0.717, 1.165) is 21.3 Å². The highest BCUT2D eigenvalue weighted by Gasteiger charge is 2.29. The van der Waals surface area contributed by atoms with Crippen molar-refractivity contribution < 1.29 is 19.1 Å². The topological polar surface area (TPSA) is 67.9 Å². The first-order valence-electron chi connectivity index (χ1n) is 11.4. The largest absolute Gasteiger partial charge is 0.497 e. The van der Waals surface area contributed by atoms with Crippen LogP contribution < -0.4 is 14.8 Å². The number of carbonyl (C=O) groups excluding carboxylic acids is 2. The summed E-state index contributed by atoms with van der Waals surface area (Å²) in [6.45, 7) is 14.0. The van der Waals surface area contributed by atoms with Gasteiger partial charge in [-0.15, -0.1) is 0 Å². The average molecular weight is 534 g/mol. The minimum Gasteiger partial charge on any atom is -0.497 e. The van der Waals surface area contributed by atoms with Crippen LogP contribution in [0.4, 0.5) is 0 Å². The summed E-state index contributed by atoms with van der Waals surface area (Å²) in [5.41, 5.74) is 1.64. The summed E-state index contributed by atoms with van der Waals surface area (Å²) < 4.78 is 11.9. The predicted molar refractivity (Wildman–Crippen MR) is 139 cm³/mol. The van der Waals surface area contributed by atoms with E-state index in [2.05, 4.69) is 42.0 Å². The molecule has 2 aromatic rings. The molecule has 186 valence electrons. The Morgan fingerprint density at radius 3 is 2.15 bits per heavy atom. The predicted octanol–water partition coefficient (Wildman–Crippen LogP) is 5.47. The van der Waals surface area contributed by atoms with Crippen molar-refractivity contribution in [2.24, 2.45) is 0 Å². The molecule has 1 unspecified atom stereocenters. The number of benzene rings is 2. The Morgan fingerprint density at radius 2 is 1.65 bits per heavy atom. The van der Waals surface area contributed by atoms with Crippen molar-refractivity contribution in [3.05, 3.63) is 58.1 Å². The summed E-state index contributed by atoms with van der Waals surface area (Å²) in [5, 5.41) is 2.96. The summed E-state index contributed by atoms with van der Waals surface area (Å²) in [6, 6.07) is 12.6. The average Bonchev–Trinajstić information content (AvgIpc) is 2.74. The van der Waals surface area contributed by atoms with E-state index in [-0.39, 0.29) is 30.4 Å². The van der Waals surface area contributed by atoms with Gasteiger partial charge >= 0.3 is 0 Å². The van der Waals surface area contributed by atoms with E-state index in [4.69, 9.17) is 9.47 Å². The Labute approximate surface area is 212 Å². The van der Waals surface area contributed by atoms with Gasteiger partial charge in [0.05, 0.1) is 11.6 Å². The van der Waals surface area contributed by atoms with Crippen molar-refractivity contribution in [2.45, 2.75) is 72.0 Å². The van der Waals surface area contributed by atoms with Gasteiger partial charge in [0.1, 0.15) is 17.5 Å². The van der Waals surface area contributed by atoms with Gasteiger partial charge in [-0.25, -0.2) is 0 Å². The molecular formula is C27H37BrN2O4. The van der Waals surface area contributed by atoms with Gasteiger partial charge < -0.3 is 19.7 Å². The molecule has 0 aliphatic heterocycles. The van der Waals surface area contributed by atoms with Gasteiger partial charge in [-0.05, 0) is 84.4 Å². The number of nitrogens with zero attached hydrogens (tertiary/aromatic N) is 1. The first-order chi connectivity index (χ1) is 15.7. The lowest BCUT2D eigenvalue weighted by Gasteiger charge is -2.31. The van der Waals surface area contributed by atoms with E-state index < -0.39 is 11.6 Å². The smallest absolute Gasteiger partial charge is 0.261 e. The molecule has 0 saturated heterocycles. The molecule has 0 radical (unpaired) electrons. The van der Waals surface area contributed by atoms with Crippen LogP contribution in [0.15, 0.2) is 46.9 Å². The van der Waals surface area contributed by atoms with Gasteiger partial charge in [-0.1, -0.05) is 39.0 Å². The fourth-order valence-corrected chi connectivity index (χ4v) is 3.78. The van der Waals surface area contributed by atoms with E-state index in [9.17, 15) is 9.59 Å². The van der Waals surface area contributed by atoms with Crippen molar-refractivity contribution in [3.8, 4) is 11.5 Å². The molecule has 2 rings (SSSR count). The number of hydrogen-bond acceptors (Lipinski definition) is 4. The molecule has 2 amide bonds. The van der Waals surface area contributed by atoms with Crippen LogP contribution in [-0.2, 0) is 21.5 Å². The minimum atomic E-state index is -0.677. The molecular weight excluding hydrogens is 496 g/mol. The fourth-order valence-electron chi connectivity index (χ4n) is 3.29. The fraction of sp³-hybridized carbons (Fsp3) is 0.481. The summed E-state index contributed by atoms with van der Waals surface area (Å²) >= 11 is 3.55. The third kappa shape index (κ3) is 8.05. The van der Waals surface area contributed by atoms with Gasteiger partial charge in [-0.2, -0.15) is 0 Å². The van der Waals surface area contributed by atoms with Crippen LogP contribution in [0, 0.1) is 0 Å². The zero-order valence-electron chi connectivity index (χ0n) is 21.5. The molecule has 0 spiro atoms. The van der Waals surface area contributed by atoms with Crippen LogP contribution in [-0.4, -0.2) is 42.0 Å². The molecule has 0 aliphatic rings. The number of rotatable bonds is 8. The first-order valence-corrected chi connectivity index (χ1v) is 12.2. The van der Waals surface area contributed by atoms with Crippen molar-refractivity contribution in [1.29, 1.82) is 0 Å². The lowest BCUT2D eigenvalue weighted by Crippen LogP contribution is -2.53. The van der Waals surface area contributed by atoms with Crippen LogP contribution >= 0.6 is 15.9 Å². The molecule has 0 saturated carbocycles. The number of ether oxygens (including phenoxy) is 2. The standard InChI is InChI=1S/C27H37BrN2O4/c1-18(25(32)29-27(5,6)7)30(16-19-9-12-21(33-8)13-10-19)24(31)17-34-23-14-11-20(15-22(23)28)26(2,3)4/h9-15,18H,16-17H2,1-8H3,(H,29,32). The monoisotopic (exact) mass is 532 g/mol. The van der Waals surface area contributed by atoms with Crippen LogP contribution in [0.5, 0.6) is 11.5 Å². The highest BCUT2D eigenvalue weighted by atomic mass is 79.9. The van der Waals surface area contributed by atoms with Crippen LogP contribution in [0.1, 0.15) is 59.6 Å². The molecule has 7 heteroatoms. The lowest BCUT2D eigenvalue weighted by atomic mass is 9.87. The second-order valence-electron chi connectivity index (χ2n) is 10.5. The van der Waals surface area contributed by atoms with Crippen LogP contribution in [0.3, 0.4) is 0 Å². The highest BCUT2D eigenvalue weighted by Crippen LogP contribution is 2.31. The SMILES string of the molecule is COc1ccc(CN(C(=O)COc2ccc(C(C)(C)C)cc2Br)C(C)C(=O)NC(C)(C)C)cc1. The van der Waals surface area contributed by atoms with E-state index in [1.54, 1.807) is 18.9 Å². The molecule has 0 bridgehead atoms. The van der Waals surface area contributed by atoms with Gasteiger partial charge in [0.25, 0.3) is 5.91 Å². The first kappa shape index (κ1) is 27.7. The van der Waals surface area contributed by atoms with Crippen molar-refractivity contribution in [1.82, 2.24) is 10.2 Å². The molecule has 6 nitrogen and oxygen atoms in total. The maximum atomic E-state index is 13.3. The molecule has 0 aliphatic carbocycles. The van der Waals surface area contributed by atoms with Crippen molar-refractivity contribution in [2.75, 3.05) is 13.7 Å². The number of halogens is 1. The molecule has 1 atom stereocenters. The third-order valence-electron chi connectivity index (χ3n) is 5.33. The van der Waals surface area contributed by atoms with Crippen molar-refractivity contribution in [3.63, 3.8) is 0 Å². The molecule has 0 aromatic heterocycles. The number of methoxy groups -OCH3 is 1. The zero-order chi connectivity index (χ0) is 25.7. The molecule has 0 heterocycles. The minimum absolute atomic E-state index is 0.00187. The third-order valence-corrected chi connectivity index (χ3v) is 5.95. The second-order valence-corrected chi connectivity index (χ2v) is 11.3. The number of amides is 2. The molecule has 34 heavy (non-hydrogen) atoms. The second kappa shape index (κ2) is 11.3. The Hall–Kier alpha value is -2.54. The van der Waals surface area contributed by atoms with Gasteiger partial charge in [0.2, 0.25) is 5.91 Å². The summed E-state index contributed by atoms with van der Waals surface area (Å²) in [4.78, 5) is 27.7.